The first-order valence-electron chi connectivity index (χ1n) is 7.99. The van der Waals surface area contributed by atoms with Crippen LogP contribution in [0.3, 0.4) is 0 Å². The Hall–Kier alpha value is -2.33. The predicted octanol–water partition coefficient (Wildman–Crippen LogP) is 3.52. The number of hydrogen-bond acceptors (Lipinski definition) is 4. The van der Waals surface area contributed by atoms with E-state index in [9.17, 15) is 4.79 Å². The maximum atomic E-state index is 11.2. The molecule has 23 heavy (non-hydrogen) atoms. The van der Waals surface area contributed by atoms with Crippen molar-refractivity contribution in [3.8, 4) is 17.2 Å². The molecular formula is C19H21NO3. The number of likely N-dealkylation sites (tertiary alicyclic amines) is 1. The Morgan fingerprint density at radius 3 is 2.13 bits per heavy atom. The molecule has 2 aromatic carbocycles. The number of rotatable bonds is 6. The third-order valence-corrected chi connectivity index (χ3v) is 3.89. The number of piperidine rings is 1. The number of carbonyl (C=O) groups is 1. The van der Waals surface area contributed by atoms with Crippen molar-refractivity contribution in [2.45, 2.75) is 12.8 Å². The summed E-state index contributed by atoms with van der Waals surface area (Å²) in [5, 5.41) is 0. The van der Waals surface area contributed by atoms with E-state index in [1.165, 1.54) is 0 Å². The highest BCUT2D eigenvalue weighted by Gasteiger charge is 2.15. The van der Waals surface area contributed by atoms with Gasteiger partial charge in [0, 0.05) is 32.5 Å². The molecule has 4 heteroatoms. The summed E-state index contributed by atoms with van der Waals surface area (Å²) >= 11 is 0. The minimum Gasteiger partial charge on any atom is -0.492 e. The topological polar surface area (TPSA) is 38.8 Å². The third-order valence-electron chi connectivity index (χ3n) is 3.89. The number of nitrogens with zero attached hydrogens (tertiary/aromatic N) is 1. The van der Waals surface area contributed by atoms with Crippen LogP contribution in [0.15, 0.2) is 54.6 Å². The van der Waals surface area contributed by atoms with Crippen molar-refractivity contribution in [2.24, 2.45) is 0 Å². The lowest BCUT2D eigenvalue weighted by Crippen LogP contribution is -2.36. The van der Waals surface area contributed by atoms with E-state index >= 15 is 0 Å². The van der Waals surface area contributed by atoms with Crippen molar-refractivity contribution in [2.75, 3.05) is 26.2 Å². The van der Waals surface area contributed by atoms with Crippen LogP contribution in [0.4, 0.5) is 0 Å². The maximum Gasteiger partial charge on any atom is 0.135 e. The summed E-state index contributed by atoms with van der Waals surface area (Å²) in [5.41, 5.74) is 0. The second-order valence-corrected chi connectivity index (χ2v) is 5.62. The van der Waals surface area contributed by atoms with Crippen molar-refractivity contribution in [3.63, 3.8) is 0 Å². The van der Waals surface area contributed by atoms with E-state index in [0.29, 0.717) is 25.2 Å². The standard InChI is InChI=1S/C19H21NO3/c21-16-10-12-20(13-11-16)14-15-22-17-6-8-19(9-7-17)23-18-4-2-1-3-5-18/h1-9H,10-15H2. The predicted molar refractivity (Wildman–Crippen MR) is 89.1 cm³/mol. The fourth-order valence-electron chi connectivity index (χ4n) is 2.55. The Kier molecular flexibility index (Phi) is 5.27. The van der Waals surface area contributed by atoms with Gasteiger partial charge in [0.15, 0.2) is 0 Å². The molecule has 1 aliphatic rings. The molecule has 0 radical (unpaired) electrons. The van der Waals surface area contributed by atoms with Crippen LogP contribution in [-0.2, 0) is 4.79 Å². The number of benzene rings is 2. The first-order chi connectivity index (χ1) is 11.3. The van der Waals surface area contributed by atoms with Crippen molar-refractivity contribution >= 4 is 5.78 Å². The summed E-state index contributed by atoms with van der Waals surface area (Å²) in [4.78, 5) is 13.5. The molecule has 0 unspecified atom stereocenters. The molecule has 0 amide bonds. The lowest BCUT2D eigenvalue weighted by Gasteiger charge is -2.25. The lowest BCUT2D eigenvalue weighted by atomic mass is 10.1. The fourth-order valence-corrected chi connectivity index (χ4v) is 2.55. The highest BCUT2D eigenvalue weighted by molar-refractivity contribution is 5.79. The van der Waals surface area contributed by atoms with Gasteiger partial charge in [-0.2, -0.15) is 0 Å². The Morgan fingerprint density at radius 1 is 0.826 bits per heavy atom. The highest BCUT2D eigenvalue weighted by Crippen LogP contribution is 2.23. The van der Waals surface area contributed by atoms with Crippen LogP contribution in [0, 0.1) is 0 Å². The summed E-state index contributed by atoms with van der Waals surface area (Å²) < 4.78 is 11.5. The molecule has 3 rings (SSSR count). The van der Waals surface area contributed by atoms with Gasteiger partial charge in [-0.05, 0) is 36.4 Å². The molecule has 1 aliphatic heterocycles. The van der Waals surface area contributed by atoms with Crippen LogP contribution in [0.5, 0.6) is 17.2 Å². The number of carbonyl (C=O) groups excluding carboxylic acids is 1. The number of ether oxygens (including phenoxy) is 2. The second-order valence-electron chi connectivity index (χ2n) is 5.62. The zero-order chi connectivity index (χ0) is 15.9. The first-order valence-corrected chi connectivity index (χ1v) is 7.99. The van der Waals surface area contributed by atoms with E-state index in [1.54, 1.807) is 0 Å². The number of ketones is 1. The minimum absolute atomic E-state index is 0.371. The largest absolute Gasteiger partial charge is 0.492 e. The second kappa shape index (κ2) is 7.79. The number of para-hydroxylation sites is 1. The molecule has 120 valence electrons. The van der Waals surface area contributed by atoms with Crippen LogP contribution in [0.2, 0.25) is 0 Å². The van der Waals surface area contributed by atoms with Crippen LogP contribution in [-0.4, -0.2) is 36.9 Å². The van der Waals surface area contributed by atoms with Crippen LogP contribution < -0.4 is 9.47 Å². The lowest BCUT2D eigenvalue weighted by molar-refractivity contribution is -0.121. The van der Waals surface area contributed by atoms with E-state index in [4.69, 9.17) is 9.47 Å². The number of hydrogen-bond donors (Lipinski definition) is 0. The molecule has 2 aromatic rings. The molecule has 0 atom stereocenters. The molecule has 4 nitrogen and oxygen atoms in total. The van der Waals surface area contributed by atoms with Gasteiger partial charge in [0.2, 0.25) is 0 Å². The van der Waals surface area contributed by atoms with Crippen molar-refractivity contribution in [1.82, 2.24) is 4.90 Å². The zero-order valence-electron chi connectivity index (χ0n) is 13.1. The van der Waals surface area contributed by atoms with E-state index in [2.05, 4.69) is 4.90 Å². The van der Waals surface area contributed by atoms with Gasteiger partial charge in [-0.15, -0.1) is 0 Å². The van der Waals surface area contributed by atoms with E-state index in [-0.39, 0.29) is 0 Å². The van der Waals surface area contributed by atoms with Gasteiger partial charge in [-0.1, -0.05) is 18.2 Å². The van der Waals surface area contributed by atoms with Gasteiger partial charge in [-0.25, -0.2) is 0 Å². The van der Waals surface area contributed by atoms with Crippen molar-refractivity contribution in [1.29, 1.82) is 0 Å². The quantitative estimate of drug-likeness (QED) is 0.818. The van der Waals surface area contributed by atoms with Gasteiger partial charge in [0.1, 0.15) is 29.6 Å². The average Bonchev–Trinajstić information content (AvgIpc) is 2.59. The average molecular weight is 311 g/mol. The first kappa shape index (κ1) is 15.6. The fraction of sp³-hybridized carbons (Fsp3) is 0.316. The number of Topliss-reactive ketones (excluding diaryl/α,β-unsaturated/α-hetero) is 1. The molecule has 0 saturated carbocycles. The smallest absolute Gasteiger partial charge is 0.135 e. The van der Waals surface area contributed by atoms with Crippen molar-refractivity contribution in [3.05, 3.63) is 54.6 Å². The van der Waals surface area contributed by atoms with Crippen LogP contribution in [0.1, 0.15) is 12.8 Å². The molecule has 0 N–H and O–H groups in total. The minimum atomic E-state index is 0.371. The Labute approximate surface area is 136 Å². The zero-order valence-corrected chi connectivity index (χ0v) is 13.1. The Morgan fingerprint density at radius 2 is 1.43 bits per heavy atom. The maximum absolute atomic E-state index is 11.2. The van der Waals surface area contributed by atoms with E-state index < -0.39 is 0 Å². The SMILES string of the molecule is O=C1CCN(CCOc2ccc(Oc3ccccc3)cc2)CC1. The van der Waals surface area contributed by atoms with Crippen LogP contribution in [0.25, 0.3) is 0 Å². The molecule has 0 bridgehead atoms. The third kappa shape index (κ3) is 4.83. The normalized spacial score (nSPS) is 15.4. The van der Waals surface area contributed by atoms with Crippen molar-refractivity contribution < 1.29 is 14.3 Å². The van der Waals surface area contributed by atoms with E-state index in [0.717, 1.165) is 36.9 Å². The van der Waals surface area contributed by atoms with Gasteiger partial charge in [0.25, 0.3) is 0 Å². The van der Waals surface area contributed by atoms with Gasteiger partial charge < -0.3 is 9.47 Å². The molecule has 1 heterocycles. The van der Waals surface area contributed by atoms with Gasteiger partial charge >= 0.3 is 0 Å². The van der Waals surface area contributed by atoms with E-state index in [1.807, 2.05) is 54.6 Å². The van der Waals surface area contributed by atoms with Gasteiger partial charge in [-0.3, -0.25) is 9.69 Å². The monoisotopic (exact) mass is 311 g/mol. The molecular weight excluding hydrogens is 290 g/mol. The Bertz CT molecular complexity index is 615. The highest BCUT2D eigenvalue weighted by atomic mass is 16.5. The van der Waals surface area contributed by atoms with Crippen LogP contribution >= 0.6 is 0 Å². The summed E-state index contributed by atoms with van der Waals surface area (Å²) in [6.45, 7) is 3.20. The molecule has 1 fully saturated rings. The van der Waals surface area contributed by atoms with Gasteiger partial charge in [0.05, 0.1) is 0 Å². The summed E-state index contributed by atoms with van der Waals surface area (Å²) in [5.74, 6) is 2.81. The summed E-state index contributed by atoms with van der Waals surface area (Å²) in [6.07, 6.45) is 1.34. The summed E-state index contributed by atoms with van der Waals surface area (Å²) in [6, 6.07) is 17.3. The molecule has 0 aliphatic carbocycles. The molecule has 0 spiro atoms. The molecule has 1 saturated heterocycles. The molecule has 0 aromatic heterocycles. The summed E-state index contributed by atoms with van der Waals surface area (Å²) in [7, 11) is 0. The Balaban J connectivity index is 1.43.